The molecule has 1 heteroatoms. The van der Waals surface area contributed by atoms with Crippen molar-refractivity contribution in [3.05, 3.63) is 29.3 Å². The van der Waals surface area contributed by atoms with Gasteiger partial charge in [0.05, 0.1) is 0 Å². The number of para-hydroxylation sites is 1. The van der Waals surface area contributed by atoms with E-state index >= 15 is 0 Å². The summed E-state index contributed by atoms with van der Waals surface area (Å²) < 4.78 is 0. The molecule has 0 aromatic heterocycles. The van der Waals surface area contributed by atoms with Crippen molar-refractivity contribution in [1.82, 2.24) is 0 Å². The molecule has 2 aliphatic rings. The first kappa shape index (κ1) is 11.1. The largest absolute Gasteiger partial charge is 0.381 e. The van der Waals surface area contributed by atoms with E-state index in [-0.39, 0.29) is 0 Å². The van der Waals surface area contributed by atoms with E-state index in [1.165, 1.54) is 42.5 Å². The zero-order valence-electron chi connectivity index (χ0n) is 11.0. The lowest BCUT2D eigenvalue weighted by molar-refractivity contribution is 0.567. The maximum absolute atomic E-state index is 3.89. The van der Waals surface area contributed by atoms with Crippen LogP contribution in [0.2, 0.25) is 0 Å². The van der Waals surface area contributed by atoms with Crippen LogP contribution in [-0.2, 0) is 6.42 Å². The van der Waals surface area contributed by atoms with E-state index in [4.69, 9.17) is 0 Å². The van der Waals surface area contributed by atoms with E-state index in [1.807, 2.05) is 0 Å². The summed E-state index contributed by atoms with van der Waals surface area (Å²) in [7, 11) is 0. The summed E-state index contributed by atoms with van der Waals surface area (Å²) in [5, 5.41) is 3.89. The topological polar surface area (TPSA) is 12.0 Å². The van der Waals surface area contributed by atoms with Crippen molar-refractivity contribution in [3.63, 3.8) is 0 Å². The lowest BCUT2D eigenvalue weighted by Gasteiger charge is -2.22. The Hall–Kier alpha value is -0.980. The van der Waals surface area contributed by atoms with Crippen LogP contribution < -0.4 is 5.32 Å². The number of rotatable bonds is 5. The quantitative estimate of drug-likeness (QED) is 0.799. The summed E-state index contributed by atoms with van der Waals surface area (Å²) >= 11 is 0. The van der Waals surface area contributed by atoms with Gasteiger partial charge in [0.2, 0.25) is 0 Å². The normalized spacial score (nSPS) is 19.7. The van der Waals surface area contributed by atoms with Gasteiger partial charge in [0, 0.05) is 11.7 Å². The Labute approximate surface area is 105 Å². The summed E-state index contributed by atoms with van der Waals surface area (Å²) in [4.78, 5) is 0. The van der Waals surface area contributed by atoms with Crippen LogP contribution in [0.4, 0.5) is 5.69 Å². The SMILES string of the molecule is CCc1cccc(C)c1NC(C1CC1)C1CC1. The van der Waals surface area contributed by atoms with Crippen molar-refractivity contribution in [2.24, 2.45) is 11.8 Å². The molecule has 1 aromatic carbocycles. The van der Waals surface area contributed by atoms with Crippen molar-refractivity contribution >= 4 is 5.69 Å². The van der Waals surface area contributed by atoms with Crippen molar-refractivity contribution < 1.29 is 0 Å². The van der Waals surface area contributed by atoms with Gasteiger partial charge >= 0.3 is 0 Å². The van der Waals surface area contributed by atoms with Crippen molar-refractivity contribution in [1.29, 1.82) is 0 Å². The number of hydrogen-bond acceptors (Lipinski definition) is 1. The van der Waals surface area contributed by atoms with Crippen LogP contribution in [0, 0.1) is 18.8 Å². The molecule has 92 valence electrons. The summed E-state index contributed by atoms with van der Waals surface area (Å²) in [5.41, 5.74) is 4.32. The molecule has 0 bridgehead atoms. The Kier molecular flexibility index (Phi) is 2.85. The zero-order chi connectivity index (χ0) is 11.8. The Balaban J connectivity index is 1.82. The molecule has 1 aromatic rings. The molecule has 0 aliphatic heterocycles. The number of hydrogen-bond donors (Lipinski definition) is 1. The molecular formula is C16H23N. The highest BCUT2D eigenvalue weighted by atomic mass is 15.0. The minimum Gasteiger partial charge on any atom is -0.381 e. The molecule has 1 nitrogen and oxygen atoms in total. The van der Waals surface area contributed by atoms with Gasteiger partial charge in [-0.2, -0.15) is 0 Å². The van der Waals surface area contributed by atoms with Gasteiger partial charge in [-0.05, 0) is 62.0 Å². The molecule has 0 radical (unpaired) electrons. The fourth-order valence-electron chi connectivity index (χ4n) is 2.93. The first-order chi connectivity index (χ1) is 8.29. The third kappa shape index (κ3) is 2.34. The summed E-state index contributed by atoms with van der Waals surface area (Å²) in [6, 6.07) is 7.45. The molecule has 2 fully saturated rings. The smallest absolute Gasteiger partial charge is 0.0404 e. The van der Waals surface area contributed by atoms with E-state index in [0.717, 1.165) is 24.3 Å². The van der Waals surface area contributed by atoms with Crippen LogP contribution in [0.15, 0.2) is 18.2 Å². The standard InChI is InChI=1S/C16H23N/c1-3-12-6-4-5-11(2)15(12)17-16(13-7-8-13)14-9-10-14/h4-6,13-14,16-17H,3,7-10H2,1-2H3. The predicted octanol–water partition coefficient (Wildman–Crippen LogP) is 4.16. The van der Waals surface area contributed by atoms with Crippen LogP contribution in [-0.4, -0.2) is 6.04 Å². The lowest BCUT2D eigenvalue weighted by Crippen LogP contribution is -2.25. The Morgan fingerprint density at radius 2 is 1.82 bits per heavy atom. The molecule has 0 spiro atoms. The first-order valence-corrected chi connectivity index (χ1v) is 7.14. The highest BCUT2D eigenvalue weighted by molar-refractivity contribution is 5.58. The van der Waals surface area contributed by atoms with E-state index < -0.39 is 0 Å². The molecule has 2 aliphatic carbocycles. The average molecular weight is 229 g/mol. The maximum Gasteiger partial charge on any atom is 0.0404 e. The molecule has 0 unspecified atom stereocenters. The number of nitrogens with one attached hydrogen (secondary N) is 1. The minimum atomic E-state index is 0.765. The highest BCUT2D eigenvalue weighted by Gasteiger charge is 2.41. The molecule has 17 heavy (non-hydrogen) atoms. The Bertz CT molecular complexity index is 390. The number of benzene rings is 1. The van der Waals surface area contributed by atoms with Gasteiger partial charge in [-0.15, -0.1) is 0 Å². The van der Waals surface area contributed by atoms with Gasteiger partial charge in [0.1, 0.15) is 0 Å². The van der Waals surface area contributed by atoms with Crippen LogP contribution >= 0.6 is 0 Å². The monoisotopic (exact) mass is 229 g/mol. The summed E-state index contributed by atoms with van der Waals surface area (Å²) in [5.74, 6) is 1.93. The van der Waals surface area contributed by atoms with Crippen LogP contribution in [0.1, 0.15) is 43.7 Å². The molecule has 3 rings (SSSR count). The lowest BCUT2D eigenvalue weighted by atomic mass is 10.0. The molecule has 0 saturated heterocycles. The third-order valence-corrected chi connectivity index (χ3v) is 4.31. The second-order valence-electron chi connectivity index (χ2n) is 5.81. The molecule has 2 saturated carbocycles. The van der Waals surface area contributed by atoms with Crippen molar-refractivity contribution in [3.8, 4) is 0 Å². The van der Waals surface area contributed by atoms with Crippen molar-refractivity contribution in [2.45, 2.75) is 52.0 Å². The maximum atomic E-state index is 3.89. The van der Waals surface area contributed by atoms with E-state index in [1.54, 1.807) is 0 Å². The number of anilines is 1. The average Bonchev–Trinajstić information content (AvgIpc) is 3.18. The fraction of sp³-hybridized carbons (Fsp3) is 0.625. The fourth-order valence-corrected chi connectivity index (χ4v) is 2.93. The first-order valence-electron chi connectivity index (χ1n) is 7.14. The Morgan fingerprint density at radius 1 is 1.18 bits per heavy atom. The van der Waals surface area contributed by atoms with Crippen LogP contribution in [0.25, 0.3) is 0 Å². The molecule has 0 heterocycles. The van der Waals surface area contributed by atoms with E-state index in [9.17, 15) is 0 Å². The van der Waals surface area contributed by atoms with Gasteiger partial charge in [-0.25, -0.2) is 0 Å². The minimum absolute atomic E-state index is 0.765. The van der Waals surface area contributed by atoms with E-state index in [2.05, 4.69) is 37.4 Å². The third-order valence-electron chi connectivity index (χ3n) is 4.31. The second-order valence-corrected chi connectivity index (χ2v) is 5.81. The van der Waals surface area contributed by atoms with Gasteiger partial charge in [0.25, 0.3) is 0 Å². The van der Waals surface area contributed by atoms with Gasteiger partial charge in [0.15, 0.2) is 0 Å². The van der Waals surface area contributed by atoms with Gasteiger partial charge < -0.3 is 5.32 Å². The molecule has 1 N–H and O–H groups in total. The Morgan fingerprint density at radius 3 is 2.35 bits per heavy atom. The van der Waals surface area contributed by atoms with Crippen molar-refractivity contribution in [2.75, 3.05) is 5.32 Å². The van der Waals surface area contributed by atoms with Gasteiger partial charge in [-0.1, -0.05) is 25.1 Å². The van der Waals surface area contributed by atoms with Crippen LogP contribution in [0.3, 0.4) is 0 Å². The van der Waals surface area contributed by atoms with Gasteiger partial charge in [-0.3, -0.25) is 0 Å². The molecular weight excluding hydrogens is 206 g/mol. The zero-order valence-corrected chi connectivity index (χ0v) is 11.0. The highest BCUT2D eigenvalue weighted by Crippen LogP contribution is 2.46. The second kappa shape index (κ2) is 4.36. The molecule has 0 atom stereocenters. The predicted molar refractivity (Wildman–Crippen MR) is 73.4 cm³/mol. The van der Waals surface area contributed by atoms with E-state index in [0.29, 0.717) is 0 Å². The molecule has 0 amide bonds. The number of aryl methyl sites for hydroxylation is 2. The summed E-state index contributed by atoms with van der Waals surface area (Å²) in [6.45, 7) is 4.49. The summed E-state index contributed by atoms with van der Waals surface area (Å²) in [6.07, 6.45) is 6.91. The van der Waals surface area contributed by atoms with Crippen LogP contribution in [0.5, 0.6) is 0 Å².